The molecule has 0 aromatic carbocycles. The van der Waals surface area contributed by atoms with Crippen molar-refractivity contribution in [3.8, 4) is 0 Å². The fourth-order valence-corrected chi connectivity index (χ4v) is 4.15. The molecule has 6 nitrogen and oxygen atoms in total. The minimum absolute atomic E-state index is 0.00981. The summed E-state index contributed by atoms with van der Waals surface area (Å²) in [5, 5.41) is 3.27. The fraction of sp³-hybridized carbons (Fsp3) is 0.769. The van der Waals surface area contributed by atoms with Gasteiger partial charge in [-0.15, -0.1) is 0 Å². The zero-order valence-electron chi connectivity index (χ0n) is 12.1. The first-order chi connectivity index (χ1) is 9.52. The van der Waals surface area contributed by atoms with Gasteiger partial charge in [-0.3, -0.25) is 0 Å². The number of hydrogen-bond acceptors (Lipinski definition) is 5. The fourth-order valence-electron chi connectivity index (χ4n) is 2.44. The second-order valence-corrected chi connectivity index (χ2v) is 7.38. The number of aryl methyl sites for hydroxylation is 1. The standard InChI is InChI=1S/C13H23N3O3S/c1-3-19-7-4-6-14-13-15-11(2)9-16(13)12-5-8-20(17,18)10-12/h9,12H,3-8,10H2,1-2H3,(H,14,15). The molecule has 0 bridgehead atoms. The summed E-state index contributed by atoms with van der Waals surface area (Å²) in [6, 6.07) is 0.00981. The summed E-state index contributed by atoms with van der Waals surface area (Å²) >= 11 is 0. The summed E-state index contributed by atoms with van der Waals surface area (Å²) in [7, 11) is -2.88. The lowest BCUT2D eigenvalue weighted by Gasteiger charge is -2.14. The van der Waals surface area contributed by atoms with Gasteiger partial charge >= 0.3 is 0 Å². The zero-order valence-corrected chi connectivity index (χ0v) is 12.9. The molecule has 2 rings (SSSR count). The van der Waals surface area contributed by atoms with Crippen molar-refractivity contribution in [2.45, 2.75) is 32.7 Å². The Morgan fingerprint density at radius 3 is 3.00 bits per heavy atom. The monoisotopic (exact) mass is 301 g/mol. The van der Waals surface area contributed by atoms with Crippen LogP contribution in [0.1, 0.15) is 31.5 Å². The van der Waals surface area contributed by atoms with Gasteiger partial charge in [0.2, 0.25) is 5.95 Å². The first-order valence-corrected chi connectivity index (χ1v) is 8.91. The summed E-state index contributed by atoms with van der Waals surface area (Å²) in [5.41, 5.74) is 0.904. The first kappa shape index (κ1) is 15.3. The van der Waals surface area contributed by atoms with Gasteiger partial charge in [-0.25, -0.2) is 13.4 Å². The Morgan fingerprint density at radius 1 is 1.55 bits per heavy atom. The van der Waals surface area contributed by atoms with Gasteiger partial charge in [0.05, 0.1) is 23.2 Å². The van der Waals surface area contributed by atoms with E-state index >= 15 is 0 Å². The molecule has 20 heavy (non-hydrogen) atoms. The molecule has 1 fully saturated rings. The summed E-state index contributed by atoms with van der Waals surface area (Å²) in [4.78, 5) is 4.44. The Hall–Kier alpha value is -1.08. The van der Waals surface area contributed by atoms with Gasteiger partial charge < -0.3 is 14.6 Å². The van der Waals surface area contributed by atoms with E-state index in [0.29, 0.717) is 6.42 Å². The molecular formula is C13H23N3O3S. The highest BCUT2D eigenvalue weighted by Crippen LogP contribution is 2.27. The molecule has 2 heterocycles. The van der Waals surface area contributed by atoms with E-state index in [9.17, 15) is 8.42 Å². The highest BCUT2D eigenvalue weighted by molar-refractivity contribution is 7.91. The molecule has 1 unspecified atom stereocenters. The van der Waals surface area contributed by atoms with Crippen molar-refractivity contribution >= 4 is 15.8 Å². The first-order valence-electron chi connectivity index (χ1n) is 7.09. The third-order valence-electron chi connectivity index (χ3n) is 3.41. The van der Waals surface area contributed by atoms with Crippen molar-refractivity contribution in [2.75, 3.05) is 36.6 Å². The van der Waals surface area contributed by atoms with Crippen molar-refractivity contribution in [3.05, 3.63) is 11.9 Å². The topological polar surface area (TPSA) is 73.2 Å². The Balaban J connectivity index is 1.96. The molecule has 0 saturated carbocycles. The van der Waals surface area contributed by atoms with E-state index in [1.807, 2.05) is 24.6 Å². The second-order valence-electron chi connectivity index (χ2n) is 5.15. The van der Waals surface area contributed by atoms with Crippen molar-refractivity contribution in [1.82, 2.24) is 9.55 Å². The van der Waals surface area contributed by atoms with Crippen LogP contribution in [0.3, 0.4) is 0 Å². The van der Waals surface area contributed by atoms with Crippen LogP contribution in [-0.2, 0) is 14.6 Å². The van der Waals surface area contributed by atoms with Crippen molar-refractivity contribution < 1.29 is 13.2 Å². The van der Waals surface area contributed by atoms with Gasteiger partial charge in [0.25, 0.3) is 0 Å². The second kappa shape index (κ2) is 6.58. The van der Waals surface area contributed by atoms with Crippen molar-refractivity contribution in [1.29, 1.82) is 0 Å². The van der Waals surface area contributed by atoms with Crippen LogP contribution in [0, 0.1) is 6.92 Å². The summed E-state index contributed by atoms with van der Waals surface area (Å²) in [6.07, 6.45) is 3.50. The number of sulfone groups is 1. The average Bonchev–Trinajstić information content (AvgIpc) is 2.92. The summed E-state index contributed by atoms with van der Waals surface area (Å²) in [6.45, 7) is 6.12. The van der Waals surface area contributed by atoms with E-state index in [4.69, 9.17) is 4.74 Å². The molecule has 0 amide bonds. The lowest BCUT2D eigenvalue weighted by molar-refractivity contribution is 0.147. The van der Waals surface area contributed by atoms with E-state index < -0.39 is 9.84 Å². The Morgan fingerprint density at radius 2 is 2.35 bits per heavy atom. The van der Waals surface area contributed by atoms with Crippen LogP contribution in [0.4, 0.5) is 5.95 Å². The average molecular weight is 301 g/mol. The molecule has 1 saturated heterocycles. The number of imidazole rings is 1. The number of nitrogens with one attached hydrogen (secondary N) is 1. The van der Waals surface area contributed by atoms with Crippen molar-refractivity contribution in [2.24, 2.45) is 0 Å². The van der Waals surface area contributed by atoms with Crippen LogP contribution in [0.5, 0.6) is 0 Å². The third kappa shape index (κ3) is 3.96. The van der Waals surface area contributed by atoms with E-state index in [0.717, 1.165) is 37.8 Å². The molecule has 0 aliphatic carbocycles. The Kier molecular flexibility index (Phi) is 5.04. The van der Waals surface area contributed by atoms with Gasteiger partial charge in [0.1, 0.15) is 0 Å². The van der Waals surface area contributed by atoms with Crippen LogP contribution in [-0.4, -0.2) is 49.2 Å². The lowest BCUT2D eigenvalue weighted by atomic mass is 10.2. The molecular weight excluding hydrogens is 278 g/mol. The van der Waals surface area contributed by atoms with Gasteiger partial charge in [-0.2, -0.15) is 0 Å². The molecule has 1 atom stereocenters. The highest BCUT2D eigenvalue weighted by Gasteiger charge is 2.30. The van der Waals surface area contributed by atoms with Crippen LogP contribution in [0.2, 0.25) is 0 Å². The summed E-state index contributed by atoms with van der Waals surface area (Å²) in [5.74, 6) is 1.26. The SMILES string of the molecule is CCOCCCNc1nc(C)cn1C1CCS(=O)(=O)C1. The molecule has 114 valence electrons. The van der Waals surface area contributed by atoms with Crippen LogP contribution < -0.4 is 5.32 Å². The Bertz CT molecular complexity index is 539. The number of aromatic nitrogens is 2. The molecule has 0 radical (unpaired) electrons. The molecule has 1 N–H and O–H groups in total. The smallest absolute Gasteiger partial charge is 0.203 e. The zero-order chi connectivity index (χ0) is 14.6. The Labute approximate surface area is 120 Å². The molecule has 1 aliphatic heterocycles. The quantitative estimate of drug-likeness (QED) is 0.770. The molecule has 0 spiro atoms. The third-order valence-corrected chi connectivity index (χ3v) is 5.16. The molecule has 1 aliphatic rings. The van der Waals surface area contributed by atoms with E-state index in [-0.39, 0.29) is 17.5 Å². The van der Waals surface area contributed by atoms with Gasteiger partial charge in [-0.1, -0.05) is 0 Å². The molecule has 1 aromatic rings. The van der Waals surface area contributed by atoms with E-state index in [2.05, 4.69) is 10.3 Å². The maximum Gasteiger partial charge on any atom is 0.203 e. The normalized spacial score (nSPS) is 21.2. The van der Waals surface area contributed by atoms with E-state index in [1.165, 1.54) is 0 Å². The van der Waals surface area contributed by atoms with Gasteiger partial charge in [0.15, 0.2) is 9.84 Å². The number of ether oxygens (including phenoxy) is 1. The predicted octanol–water partition coefficient (Wildman–Crippen LogP) is 1.39. The van der Waals surface area contributed by atoms with Crippen LogP contribution >= 0.6 is 0 Å². The number of nitrogens with zero attached hydrogens (tertiary/aromatic N) is 2. The van der Waals surface area contributed by atoms with Crippen LogP contribution in [0.15, 0.2) is 6.20 Å². The van der Waals surface area contributed by atoms with E-state index in [1.54, 1.807) is 0 Å². The van der Waals surface area contributed by atoms with Gasteiger partial charge in [-0.05, 0) is 26.7 Å². The molecule has 1 aromatic heterocycles. The summed E-state index contributed by atoms with van der Waals surface area (Å²) < 4.78 is 30.4. The minimum atomic E-state index is -2.88. The van der Waals surface area contributed by atoms with Crippen LogP contribution in [0.25, 0.3) is 0 Å². The number of hydrogen-bond donors (Lipinski definition) is 1. The minimum Gasteiger partial charge on any atom is -0.382 e. The largest absolute Gasteiger partial charge is 0.382 e. The maximum atomic E-state index is 11.6. The van der Waals surface area contributed by atoms with Crippen molar-refractivity contribution in [3.63, 3.8) is 0 Å². The molecule has 7 heteroatoms. The number of rotatable bonds is 7. The number of anilines is 1. The lowest BCUT2D eigenvalue weighted by Crippen LogP contribution is -2.15. The van der Waals surface area contributed by atoms with Gasteiger partial charge in [0, 0.05) is 26.0 Å². The maximum absolute atomic E-state index is 11.6. The predicted molar refractivity (Wildman–Crippen MR) is 78.9 cm³/mol. The highest BCUT2D eigenvalue weighted by atomic mass is 32.2.